The molecule has 0 radical (unpaired) electrons. The third-order valence-corrected chi connectivity index (χ3v) is 2.18. The zero-order valence-corrected chi connectivity index (χ0v) is 7.98. The van der Waals surface area contributed by atoms with Crippen molar-refractivity contribution in [1.82, 2.24) is 0 Å². The highest BCUT2D eigenvalue weighted by Gasteiger charge is 2.13. The van der Waals surface area contributed by atoms with E-state index < -0.39 is 0 Å². The van der Waals surface area contributed by atoms with E-state index in [2.05, 4.69) is 29.7 Å². The Hall–Kier alpha value is -1.38. The van der Waals surface area contributed by atoms with Gasteiger partial charge >= 0.3 is 0 Å². The van der Waals surface area contributed by atoms with Crippen molar-refractivity contribution in [3.63, 3.8) is 0 Å². The van der Waals surface area contributed by atoms with Gasteiger partial charge in [-0.15, -0.1) is 0 Å². The molecule has 1 aliphatic heterocycles. The number of fused-ring (bicyclic) bond motifs is 1. The summed E-state index contributed by atoms with van der Waals surface area (Å²) in [4.78, 5) is 0. The Kier molecular flexibility index (Phi) is 2.00. The van der Waals surface area contributed by atoms with E-state index in [0.29, 0.717) is 0 Å². The minimum Gasteiger partial charge on any atom is -0.489 e. The second kappa shape index (κ2) is 3.17. The maximum atomic E-state index is 5.54. The lowest BCUT2D eigenvalue weighted by atomic mass is 10.1. The molecule has 0 amide bonds. The van der Waals surface area contributed by atoms with Gasteiger partial charge in [-0.2, -0.15) is 0 Å². The fourth-order valence-electron chi connectivity index (χ4n) is 1.58. The molecule has 3 heteroatoms. The zero-order valence-electron chi connectivity index (χ0n) is 7.98. The Balaban J connectivity index is 2.50. The van der Waals surface area contributed by atoms with Crippen LogP contribution in [0.15, 0.2) is 12.1 Å². The van der Waals surface area contributed by atoms with E-state index in [1.807, 2.05) is 7.05 Å². The predicted octanol–water partition coefficient (Wildman–Crippen LogP) is 1.84. The lowest BCUT2D eigenvalue weighted by Gasteiger charge is -2.22. The van der Waals surface area contributed by atoms with E-state index in [9.17, 15) is 0 Å². The number of hydrogen-bond donors (Lipinski definition) is 2. The van der Waals surface area contributed by atoms with Crippen LogP contribution in [0, 0.1) is 6.92 Å². The summed E-state index contributed by atoms with van der Waals surface area (Å²) in [5.74, 6) is 0.954. The summed E-state index contributed by atoms with van der Waals surface area (Å²) in [5.41, 5.74) is 3.40. The minimum absolute atomic E-state index is 0.750. The number of hydrogen-bond acceptors (Lipinski definition) is 3. The molecule has 2 rings (SSSR count). The molecular formula is C10H14N2O. The predicted molar refractivity (Wildman–Crippen MR) is 54.7 cm³/mol. The first-order chi connectivity index (χ1) is 6.31. The topological polar surface area (TPSA) is 33.3 Å². The van der Waals surface area contributed by atoms with Crippen LogP contribution in [-0.2, 0) is 0 Å². The first-order valence-electron chi connectivity index (χ1n) is 4.50. The summed E-state index contributed by atoms with van der Waals surface area (Å²) in [6, 6.07) is 4.17. The van der Waals surface area contributed by atoms with E-state index in [0.717, 1.165) is 30.3 Å². The fraction of sp³-hybridized carbons (Fsp3) is 0.400. The van der Waals surface area contributed by atoms with Crippen LogP contribution in [0.3, 0.4) is 0 Å². The molecule has 0 aliphatic carbocycles. The number of ether oxygens (including phenoxy) is 1. The SMILES string of the molecule is CNc1cc(C)cc2c1NCCO2. The summed E-state index contributed by atoms with van der Waals surface area (Å²) < 4.78 is 5.54. The molecule has 0 bridgehead atoms. The number of benzene rings is 1. The Morgan fingerprint density at radius 2 is 2.31 bits per heavy atom. The van der Waals surface area contributed by atoms with Gasteiger partial charge in [0.2, 0.25) is 0 Å². The second-order valence-electron chi connectivity index (χ2n) is 3.21. The number of nitrogens with one attached hydrogen (secondary N) is 2. The smallest absolute Gasteiger partial charge is 0.144 e. The Bertz CT molecular complexity index is 306. The number of rotatable bonds is 1. The Morgan fingerprint density at radius 1 is 1.46 bits per heavy atom. The first kappa shape index (κ1) is 8.23. The van der Waals surface area contributed by atoms with E-state index >= 15 is 0 Å². The highest BCUT2D eigenvalue weighted by atomic mass is 16.5. The van der Waals surface area contributed by atoms with E-state index in [-0.39, 0.29) is 0 Å². The molecule has 1 heterocycles. The monoisotopic (exact) mass is 178 g/mol. The average Bonchev–Trinajstić information content (AvgIpc) is 2.16. The van der Waals surface area contributed by atoms with Gasteiger partial charge in [-0.3, -0.25) is 0 Å². The van der Waals surface area contributed by atoms with Crippen molar-refractivity contribution in [3.05, 3.63) is 17.7 Å². The largest absolute Gasteiger partial charge is 0.489 e. The summed E-state index contributed by atoms with van der Waals surface area (Å²) in [6.45, 7) is 3.70. The van der Waals surface area contributed by atoms with Gasteiger partial charge in [0.05, 0.1) is 5.69 Å². The fourth-order valence-corrected chi connectivity index (χ4v) is 1.58. The van der Waals surface area contributed by atoms with Crippen LogP contribution in [0.25, 0.3) is 0 Å². The van der Waals surface area contributed by atoms with Crippen LogP contribution in [0.5, 0.6) is 5.75 Å². The Labute approximate surface area is 78.1 Å². The molecule has 1 aliphatic rings. The molecule has 0 spiro atoms. The van der Waals surface area contributed by atoms with Crippen molar-refractivity contribution in [2.45, 2.75) is 6.92 Å². The van der Waals surface area contributed by atoms with E-state index in [1.165, 1.54) is 5.56 Å². The van der Waals surface area contributed by atoms with Crippen LogP contribution >= 0.6 is 0 Å². The highest BCUT2D eigenvalue weighted by Crippen LogP contribution is 2.35. The molecule has 1 aromatic rings. The van der Waals surface area contributed by atoms with Crippen molar-refractivity contribution < 1.29 is 4.74 Å². The molecule has 0 unspecified atom stereocenters. The lowest BCUT2D eigenvalue weighted by molar-refractivity contribution is 0.323. The van der Waals surface area contributed by atoms with Crippen molar-refractivity contribution in [1.29, 1.82) is 0 Å². The Morgan fingerprint density at radius 3 is 3.08 bits per heavy atom. The van der Waals surface area contributed by atoms with Gasteiger partial charge in [-0.25, -0.2) is 0 Å². The van der Waals surface area contributed by atoms with Crippen LogP contribution in [0.2, 0.25) is 0 Å². The van der Waals surface area contributed by atoms with Crippen LogP contribution in [0.1, 0.15) is 5.56 Å². The molecule has 70 valence electrons. The van der Waals surface area contributed by atoms with Gasteiger partial charge in [-0.1, -0.05) is 0 Å². The van der Waals surface area contributed by atoms with Crippen molar-refractivity contribution >= 4 is 11.4 Å². The molecule has 0 aromatic heterocycles. The quantitative estimate of drug-likeness (QED) is 0.688. The number of anilines is 2. The molecule has 13 heavy (non-hydrogen) atoms. The summed E-state index contributed by atoms with van der Waals surface area (Å²) in [6.07, 6.45) is 0. The molecule has 1 aromatic carbocycles. The maximum absolute atomic E-state index is 5.54. The zero-order chi connectivity index (χ0) is 9.26. The van der Waals surface area contributed by atoms with Gasteiger partial charge in [0, 0.05) is 13.6 Å². The van der Waals surface area contributed by atoms with Crippen molar-refractivity contribution in [2.75, 3.05) is 30.8 Å². The number of aryl methyl sites for hydroxylation is 1. The standard InChI is InChI=1S/C10H14N2O/c1-7-5-8(11-2)10-9(6-7)13-4-3-12-10/h5-6,11-12H,3-4H2,1-2H3. The summed E-state index contributed by atoms with van der Waals surface area (Å²) >= 11 is 0. The normalized spacial score (nSPS) is 14.0. The second-order valence-corrected chi connectivity index (χ2v) is 3.21. The van der Waals surface area contributed by atoms with Gasteiger partial charge in [-0.05, 0) is 24.6 Å². The molecule has 2 N–H and O–H groups in total. The van der Waals surface area contributed by atoms with Crippen molar-refractivity contribution in [3.8, 4) is 5.75 Å². The van der Waals surface area contributed by atoms with Gasteiger partial charge < -0.3 is 15.4 Å². The molecule has 0 fully saturated rings. The molecular weight excluding hydrogens is 164 g/mol. The maximum Gasteiger partial charge on any atom is 0.144 e. The van der Waals surface area contributed by atoms with Crippen molar-refractivity contribution in [2.24, 2.45) is 0 Å². The molecule has 3 nitrogen and oxygen atoms in total. The van der Waals surface area contributed by atoms with Crippen LogP contribution in [0.4, 0.5) is 11.4 Å². The average molecular weight is 178 g/mol. The summed E-state index contributed by atoms with van der Waals surface area (Å²) in [7, 11) is 1.92. The van der Waals surface area contributed by atoms with Crippen LogP contribution < -0.4 is 15.4 Å². The molecule has 0 saturated heterocycles. The molecule has 0 saturated carbocycles. The van der Waals surface area contributed by atoms with E-state index in [4.69, 9.17) is 4.74 Å². The van der Waals surface area contributed by atoms with Gasteiger partial charge in [0.15, 0.2) is 0 Å². The van der Waals surface area contributed by atoms with E-state index in [1.54, 1.807) is 0 Å². The third kappa shape index (κ3) is 1.41. The highest BCUT2D eigenvalue weighted by molar-refractivity contribution is 5.77. The summed E-state index contributed by atoms with van der Waals surface area (Å²) in [5, 5.41) is 6.48. The minimum atomic E-state index is 0.750. The third-order valence-electron chi connectivity index (χ3n) is 2.18. The first-order valence-corrected chi connectivity index (χ1v) is 4.50. The lowest BCUT2D eigenvalue weighted by Crippen LogP contribution is -2.19. The molecule has 0 atom stereocenters. The van der Waals surface area contributed by atoms with Gasteiger partial charge in [0.1, 0.15) is 18.0 Å². The van der Waals surface area contributed by atoms with Gasteiger partial charge in [0.25, 0.3) is 0 Å². The van der Waals surface area contributed by atoms with Crippen LogP contribution in [-0.4, -0.2) is 20.2 Å².